The first-order chi connectivity index (χ1) is 15.2. The van der Waals surface area contributed by atoms with Crippen molar-refractivity contribution in [2.75, 3.05) is 13.2 Å². The number of carbonyl (C=O) groups is 3. The van der Waals surface area contributed by atoms with Crippen LogP contribution in [0.1, 0.15) is 36.7 Å². The van der Waals surface area contributed by atoms with Crippen LogP contribution >= 0.6 is 0 Å². The van der Waals surface area contributed by atoms with Gasteiger partial charge in [-0.25, -0.2) is 0 Å². The molecule has 0 aliphatic rings. The lowest BCUT2D eigenvalue weighted by molar-refractivity contribution is -0.384. The van der Waals surface area contributed by atoms with Crippen LogP contribution in [0.4, 0.5) is 5.69 Å². The zero-order valence-electron chi connectivity index (χ0n) is 18.3. The summed E-state index contributed by atoms with van der Waals surface area (Å²) in [7, 11) is 0. The summed E-state index contributed by atoms with van der Waals surface area (Å²) < 4.78 is 4.98. The molecule has 0 aliphatic heterocycles. The highest BCUT2D eigenvalue weighted by atomic mass is 16.6. The summed E-state index contributed by atoms with van der Waals surface area (Å²) in [6.45, 7) is 4.97. The van der Waals surface area contributed by atoms with Gasteiger partial charge in [-0.1, -0.05) is 44.2 Å². The summed E-state index contributed by atoms with van der Waals surface area (Å²) in [6, 6.07) is 13.4. The molecular weight excluding hydrogens is 414 g/mol. The van der Waals surface area contributed by atoms with E-state index in [0.717, 1.165) is 0 Å². The first kappa shape index (κ1) is 24.5. The third-order valence-corrected chi connectivity index (χ3v) is 4.69. The number of nitro benzene ring substituents is 1. The van der Waals surface area contributed by atoms with E-state index < -0.39 is 28.7 Å². The fourth-order valence-corrected chi connectivity index (χ4v) is 3.09. The standard InChI is InChI=1S/C23H27N3O6/c1-4-32-20(27)15-25(14-17-9-8-12-19(13-17)26(30)31)23(29)21(16(2)3)24-22(28)18-10-6-5-7-11-18/h5-13,16,21H,4,14-15H2,1-3H3,(H,24,28). The topological polar surface area (TPSA) is 119 Å². The van der Waals surface area contributed by atoms with Gasteiger partial charge in [-0.15, -0.1) is 0 Å². The fraction of sp³-hybridized carbons (Fsp3) is 0.348. The van der Waals surface area contributed by atoms with Gasteiger partial charge in [0.1, 0.15) is 12.6 Å². The molecule has 2 aromatic rings. The van der Waals surface area contributed by atoms with Gasteiger partial charge in [0, 0.05) is 24.2 Å². The van der Waals surface area contributed by atoms with Crippen molar-refractivity contribution < 1.29 is 24.0 Å². The quantitative estimate of drug-likeness (QED) is 0.344. The summed E-state index contributed by atoms with van der Waals surface area (Å²) in [5.74, 6) is -1.78. The van der Waals surface area contributed by atoms with Crippen molar-refractivity contribution in [1.29, 1.82) is 0 Å². The molecule has 9 heteroatoms. The van der Waals surface area contributed by atoms with Crippen molar-refractivity contribution in [3.05, 3.63) is 75.8 Å². The van der Waals surface area contributed by atoms with E-state index in [9.17, 15) is 24.5 Å². The van der Waals surface area contributed by atoms with Gasteiger partial charge in [-0.3, -0.25) is 24.5 Å². The largest absolute Gasteiger partial charge is 0.465 e. The van der Waals surface area contributed by atoms with Crippen molar-refractivity contribution in [3.8, 4) is 0 Å². The fourth-order valence-electron chi connectivity index (χ4n) is 3.09. The van der Waals surface area contributed by atoms with Crippen LogP contribution in [0, 0.1) is 16.0 Å². The Morgan fingerprint density at radius 1 is 1.09 bits per heavy atom. The van der Waals surface area contributed by atoms with Crippen LogP contribution in [0.15, 0.2) is 54.6 Å². The van der Waals surface area contributed by atoms with Crippen LogP contribution in [0.25, 0.3) is 0 Å². The summed E-state index contributed by atoms with van der Waals surface area (Å²) >= 11 is 0. The molecule has 9 nitrogen and oxygen atoms in total. The minimum Gasteiger partial charge on any atom is -0.465 e. The Hall–Kier alpha value is -3.75. The highest BCUT2D eigenvalue weighted by Crippen LogP contribution is 2.17. The predicted molar refractivity (Wildman–Crippen MR) is 118 cm³/mol. The van der Waals surface area contributed by atoms with Gasteiger partial charge in [-0.2, -0.15) is 0 Å². The molecule has 2 aromatic carbocycles. The molecule has 0 bridgehead atoms. The second-order valence-electron chi connectivity index (χ2n) is 7.49. The smallest absolute Gasteiger partial charge is 0.325 e. The Morgan fingerprint density at radius 2 is 1.78 bits per heavy atom. The van der Waals surface area contributed by atoms with Crippen LogP contribution in [0.5, 0.6) is 0 Å². The van der Waals surface area contributed by atoms with E-state index in [1.165, 1.54) is 23.1 Å². The van der Waals surface area contributed by atoms with Gasteiger partial charge in [0.2, 0.25) is 5.91 Å². The van der Waals surface area contributed by atoms with Crippen molar-refractivity contribution in [3.63, 3.8) is 0 Å². The lowest BCUT2D eigenvalue weighted by atomic mass is 10.0. The maximum Gasteiger partial charge on any atom is 0.325 e. The van der Waals surface area contributed by atoms with Crippen LogP contribution in [-0.4, -0.2) is 46.8 Å². The van der Waals surface area contributed by atoms with E-state index in [-0.39, 0.29) is 31.3 Å². The van der Waals surface area contributed by atoms with Crippen molar-refractivity contribution in [2.45, 2.75) is 33.4 Å². The number of non-ortho nitro benzene ring substituents is 1. The van der Waals surface area contributed by atoms with Gasteiger partial charge >= 0.3 is 5.97 Å². The number of benzene rings is 2. The van der Waals surface area contributed by atoms with Gasteiger partial charge in [0.25, 0.3) is 11.6 Å². The molecule has 0 radical (unpaired) electrons. The van der Waals surface area contributed by atoms with E-state index in [0.29, 0.717) is 11.1 Å². The molecule has 32 heavy (non-hydrogen) atoms. The number of carbonyl (C=O) groups excluding carboxylic acids is 3. The zero-order chi connectivity index (χ0) is 23.7. The Morgan fingerprint density at radius 3 is 2.38 bits per heavy atom. The summed E-state index contributed by atoms with van der Waals surface area (Å²) in [5.41, 5.74) is 0.763. The van der Waals surface area contributed by atoms with E-state index in [1.54, 1.807) is 57.2 Å². The van der Waals surface area contributed by atoms with Crippen molar-refractivity contribution in [1.82, 2.24) is 10.2 Å². The van der Waals surface area contributed by atoms with E-state index in [2.05, 4.69) is 5.32 Å². The molecule has 0 aromatic heterocycles. The Kier molecular flexibility index (Phi) is 8.88. The van der Waals surface area contributed by atoms with Gasteiger partial charge < -0.3 is 15.0 Å². The van der Waals surface area contributed by atoms with Gasteiger partial charge in [-0.05, 0) is 30.5 Å². The maximum atomic E-state index is 13.4. The Bertz CT molecular complexity index is 961. The molecule has 0 fully saturated rings. The first-order valence-electron chi connectivity index (χ1n) is 10.3. The first-order valence-corrected chi connectivity index (χ1v) is 10.3. The van der Waals surface area contributed by atoms with E-state index in [4.69, 9.17) is 4.74 Å². The van der Waals surface area contributed by atoms with Gasteiger partial charge in [0.05, 0.1) is 11.5 Å². The highest BCUT2D eigenvalue weighted by Gasteiger charge is 2.30. The average Bonchev–Trinajstić information content (AvgIpc) is 2.77. The second-order valence-corrected chi connectivity index (χ2v) is 7.49. The number of amides is 2. The number of ether oxygens (including phenoxy) is 1. The molecule has 170 valence electrons. The number of hydrogen-bond acceptors (Lipinski definition) is 6. The molecule has 0 saturated heterocycles. The summed E-state index contributed by atoms with van der Waals surface area (Å²) in [5, 5.41) is 13.8. The van der Waals surface area contributed by atoms with Crippen LogP contribution in [0.3, 0.4) is 0 Å². The molecule has 2 rings (SSSR count). The maximum absolute atomic E-state index is 13.4. The SMILES string of the molecule is CCOC(=O)CN(Cc1cccc([N+](=O)[O-])c1)C(=O)C(NC(=O)c1ccccc1)C(C)C. The van der Waals surface area contributed by atoms with Crippen LogP contribution < -0.4 is 5.32 Å². The molecule has 0 saturated carbocycles. The highest BCUT2D eigenvalue weighted by molar-refractivity contribution is 5.98. The number of nitro groups is 1. The second kappa shape index (κ2) is 11.6. The minimum absolute atomic E-state index is 0.0518. The normalized spacial score (nSPS) is 11.5. The number of hydrogen-bond donors (Lipinski definition) is 1. The number of rotatable bonds is 10. The van der Waals surface area contributed by atoms with Crippen LogP contribution in [-0.2, 0) is 20.9 Å². The van der Waals surface area contributed by atoms with E-state index >= 15 is 0 Å². The molecule has 1 unspecified atom stereocenters. The molecular formula is C23H27N3O6. The van der Waals surface area contributed by atoms with Gasteiger partial charge in [0.15, 0.2) is 0 Å². The molecule has 0 heterocycles. The molecule has 1 N–H and O–H groups in total. The van der Waals surface area contributed by atoms with Crippen molar-refractivity contribution >= 4 is 23.5 Å². The zero-order valence-corrected chi connectivity index (χ0v) is 18.3. The Labute approximate surface area is 186 Å². The van der Waals surface area contributed by atoms with Crippen molar-refractivity contribution in [2.24, 2.45) is 5.92 Å². The number of esters is 1. The average molecular weight is 441 g/mol. The van der Waals surface area contributed by atoms with E-state index in [1.807, 2.05) is 0 Å². The van der Waals surface area contributed by atoms with Crippen LogP contribution in [0.2, 0.25) is 0 Å². The number of nitrogens with zero attached hydrogens (tertiary/aromatic N) is 2. The minimum atomic E-state index is -0.907. The third kappa shape index (κ3) is 6.90. The molecule has 1 atom stereocenters. The summed E-state index contributed by atoms with van der Waals surface area (Å²) in [4.78, 5) is 50.0. The molecule has 0 aliphatic carbocycles. The molecule has 2 amide bonds. The lowest BCUT2D eigenvalue weighted by Gasteiger charge is -2.29. The lowest BCUT2D eigenvalue weighted by Crippen LogP contribution is -2.52. The summed E-state index contributed by atoms with van der Waals surface area (Å²) in [6.07, 6.45) is 0. The third-order valence-electron chi connectivity index (χ3n) is 4.69. The predicted octanol–water partition coefficient (Wildman–Crippen LogP) is 2.94. The molecule has 0 spiro atoms. The Balaban J connectivity index is 2.29. The number of nitrogens with one attached hydrogen (secondary N) is 1. The monoisotopic (exact) mass is 441 g/mol.